The zero-order valence-electron chi connectivity index (χ0n) is 18.1. The molecule has 6 rings (SSSR count). The summed E-state index contributed by atoms with van der Waals surface area (Å²) in [5.74, 6) is 1.67. The van der Waals surface area contributed by atoms with Gasteiger partial charge in [-0.05, 0) is 79.3 Å². The van der Waals surface area contributed by atoms with Crippen molar-refractivity contribution in [2.45, 2.75) is 68.8 Å². The monoisotopic (exact) mass is 401 g/mol. The molecular weight excluding hydrogens is 366 g/mol. The number of fused-ring (bicyclic) bond motifs is 8. The first-order valence-corrected chi connectivity index (χ1v) is 12.4. The Morgan fingerprint density at radius 3 is 2.00 bits per heavy atom. The van der Waals surface area contributed by atoms with Gasteiger partial charge in [0.15, 0.2) is 0 Å². The highest BCUT2D eigenvalue weighted by atomic mass is 16.3. The molecule has 2 fully saturated rings. The SMILES string of the molecule is OC(C1CCCCC1)C1CCN(CC23CC(c4ccccc42)c2ccccc23)CC1. The van der Waals surface area contributed by atoms with E-state index in [9.17, 15) is 5.11 Å². The summed E-state index contributed by atoms with van der Waals surface area (Å²) in [7, 11) is 0. The maximum atomic E-state index is 11.0. The Balaban J connectivity index is 1.20. The molecular formula is C28H35NO. The van der Waals surface area contributed by atoms with Crippen molar-refractivity contribution in [3.05, 3.63) is 70.8 Å². The van der Waals surface area contributed by atoms with Crippen LogP contribution in [0.4, 0.5) is 0 Å². The van der Waals surface area contributed by atoms with Crippen molar-refractivity contribution in [1.82, 2.24) is 4.90 Å². The minimum atomic E-state index is -0.0607. The van der Waals surface area contributed by atoms with Crippen LogP contribution in [0, 0.1) is 11.8 Å². The van der Waals surface area contributed by atoms with Crippen molar-refractivity contribution < 1.29 is 5.11 Å². The van der Waals surface area contributed by atoms with E-state index in [1.165, 1.54) is 51.4 Å². The zero-order valence-corrected chi connectivity index (χ0v) is 18.1. The predicted molar refractivity (Wildman–Crippen MR) is 122 cm³/mol. The number of likely N-dealkylation sites (tertiary alicyclic amines) is 1. The number of aliphatic hydroxyl groups is 1. The fourth-order valence-electron chi connectivity index (χ4n) is 7.50. The number of hydrogen-bond acceptors (Lipinski definition) is 2. The molecule has 1 saturated heterocycles. The molecule has 3 aliphatic carbocycles. The Kier molecular flexibility index (Phi) is 4.77. The second-order valence-corrected chi connectivity index (χ2v) is 10.5. The molecule has 2 bridgehead atoms. The summed E-state index contributed by atoms with van der Waals surface area (Å²) in [6, 6.07) is 18.4. The van der Waals surface area contributed by atoms with Crippen molar-refractivity contribution in [3.8, 4) is 0 Å². The number of nitrogens with zero attached hydrogens (tertiary/aromatic N) is 1. The summed E-state index contributed by atoms with van der Waals surface area (Å²) in [6.07, 6.45) is 10.0. The van der Waals surface area contributed by atoms with Gasteiger partial charge in [-0.2, -0.15) is 0 Å². The van der Waals surface area contributed by atoms with Gasteiger partial charge >= 0.3 is 0 Å². The number of rotatable bonds is 4. The van der Waals surface area contributed by atoms with Crippen LogP contribution in [-0.2, 0) is 5.41 Å². The molecule has 2 heteroatoms. The van der Waals surface area contributed by atoms with Crippen LogP contribution in [0.25, 0.3) is 0 Å². The first-order valence-electron chi connectivity index (χ1n) is 12.4. The average molecular weight is 402 g/mol. The van der Waals surface area contributed by atoms with Gasteiger partial charge in [0.1, 0.15) is 0 Å². The molecule has 1 N–H and O–H groups in total. The minimum Gasteiger partial charge on any atom is -0.393 e. The third-order valence-electron chi connectivity index (χ3n) is 9.00. The lowest BCUT2D eigenvalue weighted by molar-refractivity contribution is 0.00330. The van der Waals surface area contributed by atoms with Crippen LogP contribution in [0.3, 0.4) is 0 Å². The largest absolute Gasteiger partial charge is 0.393 e. The van der Waals surface area contributed by atoms with Crippen molar-refractivity contribution in [2.75, 3.05) is 19.6 Å². The van der Waals surface area contributed by atoms with Crippen molar-refractivity contribution in [2.24, 2.45) is 11.8 Å². The van der Waals surface area contributed by atoms with Gasteiger partial charge in [0.2, 0.25) is 0 Å². The Labute approximate surface area is 181 Å². The van der Waals surface area contributed by atoms with Crippen molar-refractivity contribution in [3.63, 3.8) is 0 Å². The lowest BCUT2D eigenvalue weighted by Gasteiger charge is -2.42. The first-order chi connectivity index (χ1) is 14.8. The topological polar surface area (TPSA) is 23.5 Å². The van der Waals surface area contributed by atoms with Crippen LogP contribution in [0.15, 0.2) is 48.5 Å². The van der Waals surface area contributed by atoms with Gasteiger partial charge in [-0.25, -0.2) is 0 Å². The molecule has 0 spiro atoms. The van der Waals surface area contributed by atoms with E-state index >= 15 is 0 Å². The number of benzene rings is 2. The molecule has 1 unspecified atom stereocenters. The lowest BCUT2D eigenvalue weighted by atomic mass is 9.74. The zero-order chi connectivity index (χ0) is 20.1. The molecule has 30 heavy (non-hydrogen) atoms. The third-order valence-corrected chi connectivity index (χ3v) is 9.00. The Hall–Kier alpha value is -1.64. The number of aliphatic hydroxyl groups excluding tert-OH is 1. The summed E-state index contributed by atoms with van der Waals surface area (Å²) in [6.45, 7) is 3.43. The van der Waals surface area contributed by atoms with E-state index in [-0.39, 0.29) is 11.5 Å². The van der Waals surface area contributed by atoms with Gasteiger partial charge in [0, 0.05) is 17.9 Å². The second-order valence-electron chi connectivity index (χ2n) is 10.5. The van der Waals surface area contributed by atoms with Gasteiger partial charge in [-0.15, -0.1) is 0 Å². The van der Waals surface area contributed by atoms with E-state index in [1.54, 1.807) is 22.3 Å². The molecule has 1 atom stereocenters. The van der Waals surface area contributed by atoms with E-state index in [4.69, 9.17) is 0 Å². The van der Waals surface area contributed by atoms with Crippen molar-refractivity contribution in [1.29, 1.82) is 0 Å². The summed E-state index contributed by atoms with van der Waals surface area (Å²) in [4.78, 5) is 2.71. The maximum Gasteiger partial charge on any atom is 0.0597 e. The molecule has 2 aromatic carbocycles. The van der Waals surface area contributed by atoms with Gasteiger partial charge in [0.25, 0.3) is 0 Å². The molecule has 2 nitrogen and oxygen atoms in total. The van der Waals surface area contributed by atoms with E-state index in [1.807, 2.05) is 0 Å². The Morgan fingerprint density at radius 2 is 1.37 bits per heavy atom. The molecule has 1 aliphatic heterocycles. The number of piperidine rings is 1. The number of hydrogen-bond donors (Lipinski definition) is 1. The summed E-state index contributed by atoms with van der Waals surface area (Å²) >= 11 is 0. The molecule has 0 amide bonds. The van der Waals surface area contributed by atoms with E-state index in [2.05, 4.69) is 53.4 Å². The normalized spacial score (nSPS) is 30.2. The Morgan fingerprint density at radius 1 is 0.800 bits per heavy atom. The standard InChI is InChI=1S/C28H35NO/c30-27(20-8-2-1-3-9-20)21-14-16-29(17-15-21)19-28-18-24(22-10-4-6-12-25(22)28)23-11-5-7-13-26(23)28/h4-7,10-13,20-21,24,27,30H,1-3,8-9,14-19H2. The predicted octanol–water partition coefficient (Wildman–Crippen LogP) is 5.47. The van der Waals surface area contributed by atoms with Crippen LogP contribution >= 0.6 is 0 Å². The first kappa shape index (κ1) is 19.1. The Bertz CT molecular complexity index is 859. The average Bonchev–Trinajstić information content (AvgIpc) is 3.32. The van der Waals surface area contributed by atoms with E-state index in [0.717, 1.165) is 19.6 Å². The molecule has 158 valence electrons. The molecule has 1 saturated carbocycles. The van der Waals surface area contributed by atoms with Gasteiger partial charge in [0.05, 0.1) is 6.10 Å². The van der Waals surface area contributed by atoms with Gasteiger partial charge < -0.3 is 10.0 Å². The molecule has 1 heterocycles. The van der Waals surface area contributed by atoms with Crippen LogP contribution in [0.2, 0.25) is 0 Å². The quantitative estimate of drug-likeness (QED) is 0.734. The highest BCUT2D eigenvalue weighted by Crippen LogP contribution is 2.60. The fourth-order valence-corrected chi connectivity index (χ4v) is 7.50. The molecule has 0 radical (unpaired) electrons. The molecule has 4 aliphatic rings. The van der Waals surface area contributed by atoms with Gasteiger partial charge in [-0.1, -0.05) is 67.8 Å². The van der Waals surface area contributed by atoms with Crippen LogP contribution in [0.1, 0.15) is 79.5 Å². The van der Waals surface area contributed by atoms with E-state index in [0.29, 0.717) is 17.8 Å². The highest BCUT2D eigenvalue weighted by molar-refractivity contribution is 5.62. The summed E-state index contributed by atoms with van der Waals surface area (Å²) in [5, 5.41) is 11.0. The third kappa shape index (κ3) is 2.91. The maximum absolute atomic E-state index is 11.0. The van der Waals surface area contributed by atoms with Crippen LogP contribution < -0.4 is 0 Å². The summed E-state index contributed by atoms with van der Waals surface area (Å²) < 4.78 is 0. The fraction of sp³-hybridized carbons (Fsp3) is 0.571. The van der Waals surface area contributed by atoms with Crippen molar-refractivity contribution >= 4 is 0 Å². The second kappa shape index (κ2) is 7.50. The smallest absolute Gasteiger partial charge is 0.0597 e. The van der Waals surface area contributed by atoms with Crippen LogP contribution in [-0.4, -0.2) is 35.7 Å². The summed E-state index contributed by atoms with van der Waals surface area (Å²) in [5.41, 5.74) is 6.47. The minimum absolute atomic E-state index is 0.0607. The lowest BCUT2D eigenvalue weighted by Crippen LogP contribution is -2.46. The van der Waals surface area contributed by atoms with Gasteiger partial charge in [-0.3, -0.25) is 0 Å². The highest BCUT2D eigenvalue weighted by Gasteiger charge is 2.53. The van der Waals surface area contributed by atoms with E-state index < -0.39 is 0 Å². The molecule has 0 aromatic heterocycles. The molecule has 2 aromatic rings. The van der Waals surface area contributed by atoms with Crippen LogP contribution in [0.5, 0.6) is 0 Å².